The molecule has 1 unspecified atom stereocenters. The maximum absolute atomic E-state index is 13.8. The van der Waals surface area contributed by atoms with Gasteiger partial charge in [0.05, 0.1) is 19.3 Å². The molecule has 0 radical (unpaired) electrons. The van der Waals surface area contributed by atoms with E-state index < -0.39 is 6.04 Å². The number of hydrogen-bond acceptors (Lipinski definition) is 3. The Kier molecular flexibility index (Phi) is 4.16. The SMILES string of the molecule is CCCn1ncc(OC)c1C(N)c1ccccc1F. The number of methoxy groups -OCH3 is 1. The van der Waals surface area contributed by atoms with Gasteiger partial charge in [0, 0.05) is 12.1 Å². The molecule has 1 aromatic carbocycles. The fourth-order valence-corrected chi connectivity index (χ4v) is 2.11. The third-order valence-electron chi connectivity index (χ3n) is 3.04. The highest BCUT2D eigenvalue weighted by molar-refractivity contribution is 5.36. The predicted octanol–water partition coefficient (Wildman–Crippen LogP) is 2.49. The zero-order valence-electron chi connectivity index (χ0n) is 11.1. The molecule has 102 valence electrons. The fraction of sp³-hybridized carbons (Fsp3) is 0.357. The molecule has 0 bridgehead atoms. The van der Waals surface area contributed by atoms with Crippen LogP contribution < -0.4 is 10.5 Å². The highest BCUT2D eigenvalue weighted by Gasteiger charge is 2.22. The normalized spacial score (nSPS) is 12.4. The quantitative estimate of drug-likeness (QED) is 0.901. The molecule has 0 aliphatic carbocycles. The maximum Gasteiger partial charge on any atom is 0.161 e. The van der Waals surface area contributed by atoms with Crippen LogP contribution in [0.25, 0.3) is 0 Å². The molecule has 0 saturated carbocycles. The number of aromatic nitrogens is 2. The minimum absolute atomic E-state index is 0.318. The smallest absolute Gasteiger partial charge is 0.161 e. The van der Waals surface area contributed by atoms with Crippen molar-refractivity contribution >= 4 is 0 Å². The van der Waals surface area contributed by atoms with Gasteiger partial charge in [-0.3, -0.25) is 4.68 Å². The highest BCUT2D eigenvalue weighted by Crippen LogP contribution is 2.29. The first kappa shape index (κ1) is 13.5. The van der Waals surface area contributed by atoms with Crippen LogP contribution in [0, 0.1) is 5.82 Å². The van der Waals surface area contributed by atoms with Gasteiger partial charge in [0.25, 0.3) is 0 Å². The average molecular weight is 263 g/mol. The second kappa shape index (κ2) is 5.84. The number of halogens is 1. The largest absolute Gasteiger partial charge is 0.493 e. The number of nitrogens with zero attached hydrogens (tertiary/aromatic N) is 2. The first-order valence-electron chi connectivity index (χ1n) is 6.28. The summed E-state index contributed by atoms with van der Waals surface area (Å²) >= 11 is 0. The second-order valence-electron chi connectivity index (χ2n) is 4.32. The van der Waals surface area contributed by atoms with Gasteiger partial charge in [0.2, 0.25) is 0 Å². The van der Waals surface area contributed by atoms with E-state index in [-0.39, 0.29) is 5.82 Å². The molecule has 0 saturated heterocycles. The van der Waals surface area contributed by atoms with Crippen LogP contribution in [0.1, 0.15) is 30.6 Å². The Morgan fingerprint density at radius 1 is 1.42 bits per heavy atom. The van der Waals surface area contributed by atoms with Gasteiger partial charge < -0.3 is 10.5 Å². The Hall–Kier alpha value is -1.88. The van der Waals surface area contributed by atoms with E-state index in [0.717, 1.165) is 13.0 Å². The Morgan fingerprint density at radius 3 is 2.79 bits per heavy atom. The topological polar surface area (TPSA) is 53.1 Å². The van der Waals surface area contributed by atoms with Crippen LogP contribution in [0.15, 0.2) is 30.5 Å². The Bertz CT molecular complexity index is 553. The van der Waals surface area contributed by atoms with Gasteiger partial charge in [0.1, 0.15) is 11.5 Å². The molecule has 0 amide bonds. The molecule has 2 N–H and O–H groups in total. The van der Waals surface area contributed by atoms with Crippen molar-refractivity contribution in [3.63, 3.8) is 0 Å². The van der Waals surface area contributed by atoms with Crippen molar-refractivity contribution in [2.24, 2.45) is 5.73 Å². The van der Waals surface area contributed by atoms with Gasteiger partial charge in [-0.2, -0.15) is 5.10 Å². The predicted molar refractivity (Wildman–Crippen MR) is 71.5 cm³/mol. The summed E-state index contributed by atoms with van der Waals surface area (Å²) in [5, 5.41) is 4.24. The lowest BCUT2D eigenvalue weighted by molar-refractivity contribution is 0.403. The average Bonchev–Trinajstić information content (AvgIpc) is 2.82. The van der Waals surface area contributed by atoms with Crippen LogP contribution in [0.2, 0.25) is 0 Å². The zero-order chi connectivity index (χ0) is 13.8. The summed E-state index contributed by atoms with van der Waals surface area (Å²) < 4.78 is 20.9. The minimum atomic E-state index is -0.592. The lowest BCUT2D eigenvalue weighted by Crippen LogP contribution is -2.19. The molecular formula is C14H18FN3O. The zero-order valence-corrected chi connectivity index (χ0v) is 11.1. The van der Waals surface area contributed by atoms with Crippen molar-refractivity contribution in [2.45, 2.75) is 25.9 Å². The van der Waals surface area contributed by atoms with E-state index in [9.17, 15) is 4.39 Å². The molecule has 0 aliphatic rings. The van der Waals surface area contributed by atoms with Crippen LogP contribution in [-0.4, -0.2) is 16.9 Å². The van der Waals surface area contributed by atoms with Crippen LogP contribution in [-0.2, 0) is 6.54 Å². The molecule has 0 aliphatic heterocycles. The molecule has 2 aromatic rings. The third kappa shape index (κ3) is 2.61. The number of aryl methyl sites for hydroxylation is 1. The van der Waals surface area contributed by atoms with Crippen molar-refractivity contribution in [3.05, 3.63) is 47.5 Å². The summed E-state index contributed by atoms with van der Waals surface area (Å²) in [6, 6.07) is 5.91. The lowest BCUT2D eigenvalue weighted by atomic mass is 10.0. The van der Waals surface area contributed by atoms with E-state index >= 15 is 0 Å². The lowest BCUT2D eigenvalue weighted by Gasteiger charge is -2.16. The fourth-order valence-electron chi connectivity index (χ4n) is 2.11. The summed E-state index contributed by atoms with van der Waals surface area (Å²) in [6.07, 6.45) is 2.54. The Labute approximate surface area is 112 Å². The van der Waals surface area contributed by atoms with Crippen LogP contribution >= 0.6 is 0 Å². The number of benzene rings is 1. The van der Waals surface area contributed by atoms with E-state index in [0.29, 0.717) is 17.0 Å². The number of ether oxygens (including phenoxy) is 1. The molecule has 0 fully saturated rings. The van der Waals surface area contributed by atoms with Crippen LogP contribution in [0.5, 0.6) is 5.75 Å². The molecule has 5 heteroatoms. The first-order valence-corrected chi connectivity index (χ1v) is 6.28. The summed E-state index contributed by atoms with van der Waals surface area (Å²) in [7, 11) is 1.56. The van der Waals surface area contributed by atoms with Crippen molar-refractivity contribution in [1.82, 2.24) is 9.78 Å². The van der Waals surface area contributed by atoms with Gasteiger partial charge in [0.15, 0.2) is 5.75 Å². The van der Waals surface area contributed by atoms with E-state index in [1.165, 1.54) is 6.07 Å². The van der Waals surface area contributed by atoms with Crippen molar-refractivity contribution in [2.75, 3.05) is 7.11 Å². The third-order valence-corrected chi connectivity index (χ3v) is 3.04. The molecule has 19 heavy (non-hydrogen) atoms. The summed E-state index contributed by atoms with van der Waals surface area (Å²) in [5.74, 6) is 0.269. The van der Waals surface area contributed by atoms with Gasteiger partial charge in [-0.05, 0) is 12.5 Å². The van der Waals surface area contributed by atoms with Gasteiger partial charge >= 0.3 is 0 Å². The number of nitrogens with two attached hydrogens (primary N) is 1. The molecule has 0 spiro atoms. The van der Waals surface area contributed by atoms with E-state index in [2.05, 4.69) is 5.10 Å². The molecule has 1 aromatic heterocycles. The van der Waals surface area contributed by atoms with Crippen molar-refractivity contribution in [1.29, 1.82) is 0 Å². The van der Waals surface area contributed by atoms with E-state index in [1.54, 1.807) is 36.2 Å². The molecule has 4 nitrogen and oxygen atoms in total. The summed E-state index contributed by atoms with van der Waals surface area (Å²) in [4.78, 5) is 0. The monoisotopic (exact) mass is 263 g/mol. The number of hydrogen-bond donors (Lipinski definition) is 1. The Balaban J connectivity index is 2.45. The Morgan fingerprint density at radius 2 is 2.16 bits per heavy atom. The molecular weight excluding hydrogens is 245 g/mol. The summed E-state index contributed by atoms with van der Waals surface area (Å²) in [6.45, 7) is 2.77. The molecule has 1 heterocycles. The van der Waals surface area contributed by atoms with Crippen LogP contribution in [0.4, 0.5) is 4.39 Å². The van der Waals surface area contributed by atoms with Gasteiger partial charge in [-0.15, -0.1) is 0 Å². The number of rotatable bonds is 5. The molecule has 2 rings (SSSR count). The van der Waals surface area contributed by atoms with Gasteiger partial charge in [-0.25, -0.2) is 4.39 Å². The molecule has 1 atom stereocenters. The summed E-state index contributed by atoms with van der Waals surface area (Å²) in [5.41, 5.74) is 7.33. The second-order valence-corrected chi connectivity index (χ2v) is 4.32. The van der Waals surface area contributed by atoms with Crippen LogP contribution in [0.3, 0.4) is 0 Å². The highest BCUT2D eigenvalue weighted by atomic mass is 19.1. The van der Waals surface area contributed by atoms with Crippen molar-refractivity contribution in [3.8, 4) is 5.75 Å². The maximum atomic E-state index is 13.8. The standard InChI is InChI=1S/C14H18FN3O/c1-3-8-18-14(12(19-2)9-17-18)13(16)10-6-4-5-7-11(10)15/h4-7,9,13H,3,8,16H2,1-2H3. The van der Waals surface area contributed by atoms with E-state index in [1.807, 2.05) is 6.92 Å². The van der Waals surface area contributed by atoms with Gasteiger partial charge in [-0.1, -0.05) is 25.1 Å². The first-order chi connectivity index (χ1) is 9.19. The van der Waals surface area contributed by atoms with E-state index in [4.69, 9.17) is 10.5 Å². The van der Waals surface area contributed by atoms with Crippen molar-refractivity contribution < 1.29 is 9.13 Å². The minimum Gasteiger partial charge on any atom is -0.493 e.